The van der Waals surface area contributed by atoms with Gasteiger partial charge in [0.25, 0.3) is 0 Å². The lowest BCUT2D eigenvalue weighted by atomic mass is 10.1. The van der Waals surface area contributed by atoms with Crippen LogP contribution in [-0.4, -0.2) is 25.5 Å². The van der Waals surface area contributed by atoms with Gasteiger partial charge in [0.1, 0.15) is 0 Å². The number of sulfonamides is 1. The SMILES string of the molecule is Cc1cc(C)c(NC(=S)N(C)[C@@H](C)c2ccc(S(N)(=O)=O)cc2)c(Cl)c1. The topological polar surface area (TPSA) is 75.4 Å². The van der Waals surface area contributed by atoms with Crippen LogP contribution in [0.25, 0.3) is 0 Å². The van der Waals surface area contributed by atoms with Crippen molar-refractivity contribution >= 4 is 44.6 Å². The molecule has 0 aromatic heterocycles. The molecule has 0 aliphatic carbocycles. The molecule has 0 saturated carbocycles. The fraction of sp³-hybridized carbons (Fsp3) is 0.278. The van der Waals surface area contributed by atoms with Gasteiger partial charge in [0.15, 0.2) is 5.11 Å². The molecule has 2 aromatic rings. The Hall–Kier alpha value is -1.67. The van der Waals surface area contributed by atoms with Crippen molar-refractivity contribution in [3.8, 4) is 0 Å². The third-order valence-corrected chi connectivity index (χ3v) is 5.87. The molecule has 26 heavy (non-hydrogen) atoms. The molecule has 140 valence electrons. The summed E-state index contributed by atoms with van der Waals surface area (Å²) in [7, 11) is -1.84. The third-order valence-electron chi connectivity index (χ3n) is 4.26. The minimum atomic E-state index is -3.70. The molecule has 0 saturated heterocycles. The highest BCUT2D eigenvalue weighted by molar-refractivity contribution is 7.89. The largest absolute Gasteiger partial charge is 0.345 e. The third kappa shape index (κ3) is 4.73. The Balaban J connectivity index is 2.17. The van der Waals surface area contributed by atoms with Gasteiger partial charge in [-0.15, -0.1) is 0 Å². The second kappa shape index (κ2) is 7.92. The number of hydrogen-bond donors (Lipinski definition) is 2. The van der Waals surface area contributed by atoms with Gasteiger partial charge in [-0.05, 0) is 67.9 Å². The number of nitrogens with zero attached hydrogens (tertiary/aromatic N) is 1. The maximum Gasteiger partial charge on any atom is 0.238 e. The number of anilines is 1. The smallest absolute Gasteiger partial charge is 0.238 e. The van der Waals surface area contributed by atoms with Crippen molar-refractivity contribution in [2.75, 3.05) is 12.4 Å². The molecule has 0 radical (unpaired) electrons. The van der Waals surface area contributed by atoms with Gasteiger partial charge >= 0.3 is 0 Å². The van der Waals surface area contributed by atoms with Gasteiger partial charge in [-0.25, -0.2) is 13.6 Å². The van der Waals surface area contributed by atoms with Gasteiger partial charge in [0, 0.05) is 7.05 Å². The maximum absolute atomic E-state index is 11.4. The fourth-order valence-corrected chi connectivity index (χ4v) is 3.75. The molecule has 3 N–H and O–H groups in total. The van der Waals surface area contributed by atoms with E-state index in [-0.39, 0.29) is 10.9 Å². The van der Waals surface area contributed by atoms with Crippen LogP contribution in [0.3, 0.4) is 0 Å². The van der Waals surface area contributed by atoms with Crippen LogP contribution in [-0.2, 0) is 10.0 Å². The van der Waals surface area contributed by atoms with Gasteiger partial charge in [-0.1, -0.05) is 29.8 Å². The molecule has 1 atom stereocenters. The van der Waals surface area contributed by atoms with Gasteiger partial charge in [0.2, 0.25) is 10.0 Å². The van der Waals surface area contributed by atoms with Gasteiger partial charge in [-0.3, -0.25) is 0 Å². The first-order valence-corrected chi connectivity index (χ1v) is 10.3. The molecule has 2 aromatic carbocycles. The first-order chi connectivity index (χ1) is 12.0. The van der Waals surface area contributed by atoms with Crippen molar-refractivity contribution in [1.29, 1.82) is 0 Å². The molecule has 0 aliphatic heterocycles. The summed E-state index contributed by atoms with van der Waals surface area (Å²) in [5.74, 6) is 0. The minimum Gasteiger partial charge on any atom is -0.345 e. The van der Waals surface area contributed by atoms with E-state index in [0.29, 0.717) is 10.1 Å². The van der Waals surface area contributed by atoms with Gasteiger partial charge in [0.05, 0.1) is 21.6 Å². The maximum atomic E-state index is 11.4. The predicted octanol–water partition coefficient (Wildman–Crippen LogP) is 3.99. The highest BCUT2D eigenvalue weighted by Gasteiger charge is 2.17. The number of benzene rings is 2. The van der Waals surface area contributed by atoms with E-state index in [4.69, 9.17) is 29.0 Å². The molecule has 0 fully saturated rings. The second-order valence-electron chi connectivity index (χ2n) is 6.27. The second-order valence-corrected chi connectivity index (χ2v) is 8.63. The van der Waals surface area contributed by atoms with E-state index < -0.39 is 10.0 Å². The van der Waals surface area contributed by atoms with E-state index in [1.54, 1.807) is 12.1 Å². The van der Waals surface area contributed by atoms with Gasteiger partial charge in [-0.2, -0.15) is 0 Å². The van der Waals surface area contributed by atoms with Crippen LogP contribution < -0.4 is 10.5 Å². The van der Waals surface area contributed by atoms with Crippen molar-refractivity contribution in [1.82, 2.24) is 4.90 Å². The predicted molar refractivity (Wildman–Crippen MR) is 111 cm³/mol. The summed E-state index contributed by atoms with van der Waals surface area (Å²) in [5.41, 5.74) is 3.79. The van der Waals surface area contributed by atoms with E-state index in [9.17, 15) is 8.42 Å². The number of primary sulfonamides is 1. The summed E-state index contributed by atoms with van der Waals surface area (Å²) in [6.45, 7) is 5.93. The summed E-state index contributed by atoms with van der Waals surface area (Å²) >= 11 is 11.8. The van der Waals surface area contributed by atoms with Crippen LogP contribution in [0.5, 0.6) is 0 Å². The monoisotopic (exact) mass is 411 g/mol. The lowest BCUT2D eigenvalue weighted by molar-refractivity contribution is 0.408. The number of thiocarbonyl (C=S) groups is 1. The Labute approximate surface area is 165 Å². The van der Waals surface area contributed by atoms with Crippen molar-refractivity contribution in [2.45, 2.75) is 31.7 Å². The number of hydrogen-bond acceptors (Lipinski definition) is 3. The summed E-state index contributed by atoms with van der Waals surface area (Å²) in [5, 5.41) is 9.47. The van der Waals surface area contributed by atoms with Crippen LogP contribution in [0.1, 0.15) is 29.7 Å². The average molecular weight is 412 g/mol. The van der Waals surface area contributed by atoms with Crippen LogP contribution in [0.15, 0.2) is 41.3 Å². The first-order valence-electron chi connectivity index (χ1n) is 7.94. The van der Waals surface area contributed by atoms with E-state index in [0.717, 1.165) is 22.4 Å². The quantitative estimate of drug-likeness (QED) is 0.744. The van der Waals surface area contributed by atoms with E-state index >= 15 is 0 Å². The number of aryl methyl sites for hydroxylation is 2. The number of halogens is 1. The highest BCUT2D eigenvalue weighted by atomic mass is 35.5. The number of rotatable bonds is 4. The standard InChI is InChI=1S/C18H22ClN3O2S2/c1-11-9-12(2)17(16(19)10-11)21-18(25)22(4)13(3)14-5-7-15(8-6-14)26(20,23)24/h5-10,13H,1-4H3,(H,21,25)(H2,20,23,24)/t13-/m0/s1. The Morgan fingerprint density at radius 1 is 1.23 bits per heavy atom. The molecule has 0 bridgehead atoms. The lowest BCUT2D eigenvalue weighted by Crippen LogP contribution is -2.33. The average Bonchev–Trinajstić information content (AvgIpc) is 2.55. The molecule has 8 heteroatoms. The van der Waals surface area contributed by atoms with Crippen molar-refractivity contribution in [2.24, 2.45) is 5.14 Å². The minimum absolute atomic E-state index is 0.0749. The van der Waals surface area contributed by atoms with Gasteiger partial charge < -0.3 is 10.2 Å². The summed E-state index contributed by atoms with van der Waals surface area (Å²) < 4.78 is 22.7. The molecule has 2 rings (SSSR count). The van der Waals surface area contributed by atoms with Crippen molar-refractivity contribution in [3.05, 3.63) is 58.1 Å². The molecular formula is C18H22ClN3O2S2. The Morgan fingerprint density at radius 2 is 1.81 bits per heavy atom. The normalized spacial score (nSPS) is 12.5. The summed E-state index contributed by atoms with van der Waals surface area (Å²) in [4.78, 5) is 1.97. The molecule has 0 unspecified atom stereocenters. The zero-order chi connectivity index (χ0) is 19.6. The molecular weight excluding hydrogens is 390 g/mol. The zero-order valence-corrected chi connectivity index (χ0v) is 17.5. The van der Waals surface area contributed by atoms with Crippen molar-refractivity contribution < 1.29 is 8.42 Å². The Kier molecular flexibility index (Phi) is 6.29. The molecule has 0 aliphatic rings. The van der Waals surface area contributed by atoms with Crippen LogP contribution in [0, 0.1) is 13.8 Å². The molecule has 0 heterocycles. The number of nitrogens with two attached hydrogens (primary N) is 1. The van der Waals surface area contributed by atoms with Crippen LogP contribution in [0.4, 0.5) is 5.69 Å². The van der Waals surface area contributed by atoms with E-state index in [1.807, 2.05) is 44.9 Å². The highest BCUT2D eigenvalue weighted by Crippen LogP contribution is 2.28. The summed E-state index contributed by atoms with van der Waals surface area (Å²) in [6.07, 6.45) is 0. The zero-order valence-electron chi connectivity index (χ0n) is 15.1. The molecule has 0 spiro atoms. The van der Waals surface area contributed by atoms with Crippen molar-refractivity contribution in [3.63, 3.8) is 0 Å². The fourth-order valence-electron chi connectivity index (χ4n) is 2.60. The first kappa shape index (κ1) is 20.6. The summed E-state index contributed by atoms with van der Waals surface area (Å²) in [6, 6.07) is 10.3. The number of nitrogens with one attached hydrogen (secondary N) is 1. The van der Waals surface area contributed by atoms with Crippen LogP contribution in [0.2, 0.25) is 5.02 Å². The van der Waals surface area contributed by atoms with Crippen LogP contribution >= 0.6 is 23.8 Å². The molecule has 5 nitrogen and oxygen atoms in total. The van der Waals surface area contributed by atoms with E-state index in [1.165, 1.54) is 12.1 Å². The lowest BCUT2D eigenvalue weighted by Gasteiger charge is -2.29. The Bertz CT molecular complexity index is 905. The Morgan fingerprint density at radius 3 is 2.31 bits per heavy atom. The molecule has 0 amide bonds. The van der Waals surface area contributed by atoms with E-state index in [2.05, 4.69) is 5.32 Å².